The van der Waals surface area contributed by atoms with Crippen molar-refractivity contribution < 1.29 is 22.6 Å². The van der Waals surface area contributed by atoms with Crippen LogP contribution in [0.1, 0.15) is 17.2 Å². The van der Waals surface area contributed by atoms with Crippen LogP contribution >= 0.6 is 23.7 Å². The van der Waals surface area contributed by atoms with Gasteiger partial charge in [-0.05, 0) is 34.5 Å². The van der Waals surface area contributed by atoms with Crippen LogP contribution in [0.5, 0.6) is 11.5 Å². The Kier molecular flexibility index (Phi) is 5.88. The van der Waals surface area contributed by atoms with E-state index in [2.05, 4.69) is 4.74 Å². The van der Waals surface area contributed by atoms with Gasteiger partial charge in [-0.1, -0.05) is 0 Å². The highest BCUT2D eigenvalue weighted by Crippen LogP contribution is 2.34. The molecule has 8 heteroatoms. The number of hydrogen-bond acceptors (Lipinski definition) is 4. The van der Waals surface area contributed by atoms with Crippen LogP contribution in [0.2, 0.25) is 0 Å². The van der Waals surface area contributed by atoms with Crippen molar-refractivity contribution in [1.29, 1.82) is 0 Å². The fourth-order valence-corrected chi connectivity index (χ4v) is 2.47. The Morgan fingerprint density at radius 3 is 2.48 bits per heavy atom. The van der Waals surface area contributed by atoms with Crippen molar-refractivity contribution in [1.82, 2.24) is 0 Å². The number of benzene rings is 1. The van der Waals surface area contributed by atoms with Crippen molar-refractivity contribution in [2.45, 2.75) is 12.4 Å². The molecule has 1 aromatic carbocycles. The molecule has 1 atom stereocenters. The molecule has 0 aliphatic carbocycles. The number of alkyl halides is 3. The molecule has 0 unspecified atom stereocenters. The van der Waals surface area contributed by atoms with Gasteiger partial charge in [0.2, 0.25) is 0 Å². The molecule has 2 aromatic rings. The largest absolute Gasteiger partial charge is 0.573 e. The Labute approximate surface area is 129 Å². The first kappa shape index (κ1) is 17.6. The summed E-state index contributed by atoms with van der Waals surface area (Å²) in [6.45, 7) is 0. The van der Waals surface area contributed by atoms with Crippen LogP contribution in [0.4, 0.5) is 13.2 Å². The first-order chi connectivity index (χ1) is 9.40. The summed E-state index contributed by atoms with van der Waals surface area (Å²) in [5.74, 6) is -0.0823. The van der Waals surface area contributed by atoms with E-state index in [1.807, 2.05) is 16.8 Å². The SMILES string of the molecule is COc1cc(OC(F)(F)F)ccc1[C@H](N)c1ccsc1.Cl. The number of halogens is 4. The monoisotopic (exact) mass is 339 g/mol. The summed E-state index contributed by atoms with van der Waals surface area (Å²) in [6.07, 6.45) is -4.73. The predicted molar refractivity (Wildman–Crippen MR) is 77.3 cm³/mol. The summed E-state index contributed by atoms with van der Waals surface area (Å²) in [6, 6.07) is 5.26. The Balaban J connectivity index is 0.00000220. The molecule has 0 aliphatic heterocycles. The lowest BCUT2D eigenvalue weighted by atomic mass is 10.0. The molecular weight excluding hydrogens is 327 g/mol. The second-order valence-corrected chi connectivity index (χ2v) is 4.77. The lowest BCUT2D eigenvalue weighted by molar-refractivity contribution is -0.274. The zero-order valence-electron chi connectivity index (χ0n) is 10.9. The lowest BCUT2D eigenvalue weighted by Gasteiger charge is -2.16. The van der Waals surface area contributed by atoms with Gasteiger partial charge in [-0.15, -0.1) is 25.6 Å². The van der Waals surface area contributed by atoms with Gasteiger partial charge < -0.3 is 15.2 Å². The number of hydrogen-bond donors (Lipinski definition) is 1. The Hall–Kier alpha value is -1.44. The third-order valence-electron chi connectivity index (χ3n) is 2.68. The lowest BCUT2D eigenvalue weighted by Crippen LogP contribution is -2.17. The van der Waals surface area contributed by atoms with E-state index in [-0.39, 0.29) is 23.9 Å². The van der Waals surface area contributed by atoms with Gasteiger partial charge in [-0.25, -0.2) is 0 Å². The van der Waals surface area contributed by atoms with Crippen LogP contribution in [-0.2, 0) is 0 Å². The van der Waals surface area contributed by atoms with Gasteiger partial charge in [-0.2, -0.15) is 11.3 Å². The minimum absolute atomic E-state index is 0. The van der Waals surface area contributed by atoms with Gasteiger partial charge in [-0.3, -0.25) is 0 Å². The molecule has 1 aromatic heterocycles. The Bertz CT molecular complexity index is 575. The quantitative estimate of drug-likeness (QED) is 0.911. The molecule has 1 heterocycles. The summed E-state index contributed by atoms with van der Waals surface area (Å²) < 4.78 is 45.5. The van der Waals surface area contributed by atoms with Crippen molar-refractivity contribution >= 4 is 23.7 Å². The molecule has 0 saturated carbocycles. The topological polar surface area (TPSA) is 44.5 Å². The maximum Gasteiger partial charge on any atom is 0.573 e. The summed E-state index contributed by atoms with van der Waals surface area (Å²) in [5.41, 5.74) is 7.55. The van der Waals surface area contributed by atoms with Crippen LogP contribution in [0.3, 0.4) is 0 Å². The first-order valence-corrected chi connectivity index (χ1v) is 6.56. The first-order valence-electron chi connectivity index (χ1n) is 5.62. The summed E-state index contributed by atoms with van der Waals surface area (Å²) in [4.78, 5) is 0. The molecule has 2 rings (SSSR count). The number of ether oxygens (including phenoxy) is 2. The average Bonchev–Trinajstić information content (AvgIpc) is 2.89. The standard InChI is InChI=1S/C13H12F3NO2S.ClH/c1-18-11-6-9(19-13(14,15)16)2-3-10(11)12(17)8-4-5-20-7-8;/h2-7,12H,17H2,1H3;1H/t12-;/m1./s1. The van der Waals surface area contributed by atoms with Crippen molar-refractivity contribution in [3.63, 3.8) is 0 Å². The highest BCUT2D eigenvalue weighted by molar-refractivity contribution is 7.08. The Morgan fingerprint density at radius 2 is 1.95 bits per heavy atom. The Morgan fingerprint density at radius 1 is 1.24 bits per heavy atom. The van der Waals surface area contributed by atoms with E-state index in [1.165, 1.54) is 36.6 Å². The van der Waals surface area contributed by atoms with Crippen LogP contribution in [0.25, 0.3) is 0 Å². The van der Waals surface area contributed by atoms with E-state index in [4.69, 9.17) is 10.5 Å². The highest BCUT2D eigenvalue weighted by Gasteiger charge is 2.31. The van der Waals surface area contributed by atoms with Gasteiger partial charge in [0.05, 0.1) is 13.2 Å². The van der Waals surface area contributed by atoms with Crippen molar-refractivity contribution in [3.8, 4) is 11.5 Å². The zero-order chi connectivity index (χ0) is 14.8. The van der Waals surface area contributed by atoms with Gasteiger partial charge in [0.1, 0.15) is 11.5 Å². The number of methoxy groups -OCH3 is 1. The summed E-state index contributed by atoms with van der Waals surface area (Å²) in [5, 5.41) is 3.76. The molecule has 0 fully saturated rings. The smallest absolute Gasteiger partial charge is 0.496 e. The van der Waals surface area contributed by atoms with Crippen molar-refractivity contribution in [2.75, 3.05) is 7.11 Å². The molecule has 21 heavy (non-hydrogen) atoms. The molecule has 0 bridgehead atoms. The third-order valence-corrected chi connectivity index (χ3v) is 3.38. The molecule has 116 valence electrons. The van der Waals surface area contributed by atoms with E-state index in [1.54, 1.807) is 0 Å². The second kappa shape index (κ2) is 7.02. The molecule has 0 spiro atoms. The molecule has 3 nitrogen and oxygen atoms in total. The fraction of sp³-hybridized carbons (Fsp3) is 0.231. The molecule has 0 radical (unpaired) electrons. The summed E-state index contributed by atoms with van der Waals surface area (Å²) >= 11 is 1.49. The van der Waals surface area contributed by atoms with E-state index in [0.29, 0.717) is 5.56 Å². The number of thiophene rings is 1. The average molecular weight is 340 g/mol. The fourth-order valence-electron chi connectivity index (χ4n) is 1.78. The number of nitrogens with two attached hydrogens (primary N) is 1. The predicted octanol–water partition coefficient (Wildman–Crippen LogP) is 4.13. The minimum atomic E-state index is -4.73. The van der Waals surface area contributed by atoms with Crippen LogP contribution < -0.4 is 15.2 Å². The van der Waals surface area contributed by atoms with Gasteiger partial charge >= 0.3 is 6.36 Å². The van der Waals surface area contributed by atoms with Gasteiger partial charge in [0, 0.05) is 11.6 Å². The molecule has 0 aliphatic rings. The molecule has 2 N–H and O–H groups in total. The zero-order valence-corrected chi connectivity index (χ0v) is 12.5. The van der Waals surface area contributed by atoms with Gasteiger partial charge in [0.15, 0.2) is 0 Å². The van der Waals surface area contributed by atoms with E-state index >= 15 is 0 Å². The van der Waals surface area contributed by atoms with Crippen molar-refractivity contribution in [2.24, 2.45) is 5.73 Å². The van der Waals surface area contributed by atoms with Crippen LogP contribution in [0.15, 0.2) is 35.0 Å². The van der Waals surface area contributed by atoms with Crippen LogP contribution in [-0.4, -0.2) is 13.5 Å². The normalized spacial score (nSPS) is 12.4. The summed E-state index contributed by atoms with van der Waals surface area (Å²) in [7, 11) is 1.37. The molecule has 0 saturated heterocycles. The molecule has 0 amide bonds. The minimum Gasteiger partial charge on any atom is -0.496 e. The maximum atomic E-state index is 12.2. The van der Waals surface area contributed by atoms with Gasteiger partial charge in [0.25, 0.3) is 0 Å². The number of rotatable bonds is 4. The highest BCUT2D eigenvalue weighted by atomic mass is 35.5. The second-order valence-electron chi connectivity index (χ2n) is 3.99. The van der Waals surface area contributed by atoms with Crippen LogP contribution in [0, 0.1) is 0 Å². The maximum absolute atomic E-state index is 12.2. The third kappa shape index (κ3) is 4.52. The molecular formula is C13H13ClF3NO2S. The van der Waals surface area contributed by atoms with E-state index in [0.717, 1.165) is 5.56 Å². The van der Waals surface area contributed by atoms with E-state index < -0.39 is 12.4 Å². The van der Waals surface area contributed by atoms with E-state index in [9.17, 15) is 13.2 Å². The van der Waals surface area contributed by atoms with Crippen molar-refractivity contribution in [3.05, 3.63) is 46.2 Å².